The highest BCUT2D eigenvalue weighted by Crippen LogP contribution is 2.17. The Balaban J connectivity index is 3.02. The van der Waals surface area contributed by atoms with Crippen molar-refractivity contribution in [3.63, 3.8) is 0 Å². The van der Waals surface area contributed by atoms with E-state index in [9.17, 15) is 14.4 Å². The lowest BCUT2D eigenvalue weighted by molar-refractivity contribution is -0.152. The van der Waals surface area contributed by atoms with Crippen molar-refractivity contribution in [1.29, 1.82) is 0 Å². The van der Waals surface area contributed by atoms with E-state index in [-0.39, 0.29) is 6.54 Å². The summed E-state index contributed by atoms with van der Waals surface area (Å²) in [5.41, 5.74) is -1.03. The van der Waals surface area contributed by atoms with Gasteiger partial charge in [0.25, 0.3) is 11.8 Å². The van der Waals surface area contributed by atoms with Gasteiger partial charge in [-0.2, -0.15) is 0 Å². The van der Waals surface area contributed by atoms with E-state index in [1.165, 1.54) is 11.8 Å². The van der Waals surface area contributed by atoms with Crippen LogP contribution in [0.4, 0.5) is 0 Å². The molecule has 1 saturated heterocycles. The Morgan fingerprint density at radius 3 is 2.60 bits per heavy atom. The second kappa shape index (κ2) is 3.73. The fourth-order valence-corrected chi connectivity index (χ4v) is 1.28. The molecule has 5 heteroatoms. The molecule has 0 unspecified atom stereocenters. The smallest absolute Gasteiger partial charge is 0.299 e. The first-order valence-electron chi connectivity index (χ1n) is 4.48. The summed E-state index contributed by atoms with van der Waals surface area (Å²) in [6.07, 6.45) is 0. The molecule has 80 valence electrons. The molecule has 0 bridgehead atoms. The van der Waals surface area contributed by atoms with Gasteiger partial charge in [-0.3, -0.25) is 19.7 Å². The molecular formula is C10H12N2O3. The molecule has 0 aromatic heterocycles. The molecule has 0 radical (unpaired) electrons. The van der Waals surface area contributed by atoms with Crippen molar-refractivity contribution in [2.45, 2.75) is 26.3 Å². The minimum absolute atomic E-state index is 0.133. The maximum Gasteiger partial charge on any atom is 0.299 e. The number of hydrogen-bond acceptors (Lipinski definition) is 3. The number of imide groups is 1. The molecule has 0 aromatic rings. The van der Waals surface area contributed by atoms with E-state index in [0.29, 0.717) is 0 Å². The second-order valence-electron chi connectivity index (χ2n) is 3.70. The molecule has 0 aromatic carbocycles. The summed E-state index contributed by atoms with van der Waals surface area (Å²) in [6, 6.07) is 0. The third kappa shape index (κ3) is 1.99. The van der Waals surface area contributed by atoms with Gasteiger partial charge in [0.05, 0.1) is 0 Å². The first-order valence-corrected chi connectivity index (χ1v) is 4.48. The largest absolute Gasteiger partial charge is 0.308 e. The second-order valence-corrected chi connectivity index (χ2v) is 3.70. The van der Waals surface area contributed by atoms with Gasteiger partial charge in [-0.05, 0) is 26.7 Å². The van der Waals surface area contributed by atoms with Gasteiger partial charge < -0.3 is 4.90 Å². The lowest BCUT2D eigenvalue weighted by atomic mass is 9.98. The zero-order valence-corrected chi connectivity index (χ0v) is 8.88. The first kappa shape index (κ1) is 11.2. The van der Waals surface area contributed by atoms with E-state index in [1.807, 2.05) is 0 Å². The quantitative estimate of drug-likeness (QED) is 0.421. The zero-order valence-electron chi connectivity index (χ0n) is 8.88. The zero-order chi connectivity index (χ0) is 11.6. The average molecular weight is 208 g/mol. The Bertz CT molecular complexity index is 387. The van der Waals surface area contributed by atoms with E-state index in [0.717, 1.165) is 0 Å². The number of carbonyl (C=O) groups is 3. The van der Waals surface area contributed by atoms with Crippen LogP contribution in [0.5, 0.6) is 0 Å². The predicted molar refractivity (Wildman–Crippen MR) is 52.4 cm³/mol. The van der Waals surface area contributed by atoms with Crippen molar-refractivity contribution in [3.05, 3.63) is 0 Å². The standard InChI is InChI=1S/C10H12N2O3/c1-4-5-8(14)12-6-7(13)11-9(15)10(12,2)3/h6H2,1-3H3,(H,11,13,15). The van der Waals surface area contributed by atoms with Gasteiger partial charge in [0, 0.05) is 0 Å². The Morgan fingerprint density at radius 1 is 1.47 bits per heavy atom. The van der Waals surface area contributed by atoms with E-state index < -0.39 is 23.3 Å². The van der Waals surface area contributed by atoms with Crippen LogP contribution in [0.1, 0.15) is 20.8 Å². The van der Waals surface area contributed by atoms with Gasteiger partial charge in [-0.1, -0.05) is 5.92 Å². The summed E-state index contributed by atoms with van der Waals surface area (Å²) in [7, 11) is 0. The molecule has 1 fully saturated rings. The Hall–Kier alpha value is -1.83. The molecule has 1 N–H and O–H groups in total. The lowest BCUT2D eigenvalue weighted by Gasteiger charge is -2.38. The summed E-state index contributed by atoms with van der Waals surface area (Å²) in [5.74, 6) is 3.29. The number of nitrogens with one attached hydrogen (secondary N) is 1. The van der Waals surface area contributed by atoms with Gasteiger partial charge in [0.2, 0.25) is 5.91 Å². The number of nitrogens with zero attached hydrogens (tertiary/aromatic N) is 1. The van der Waals surface area contributed by atoms with Crippen molar-refractivity contribution >= 4 is 17.7 Å². The fraction of sp³-hybridized carbons (Fsp3) is 0.500. The molecule has 1 aliphatic rings. The van der Waals surface area contributed by atoms with Crippen molar-refractivity contribution < 1.29 is 14.4 Å². The molecular weight excluding hydrogens is 196 g/mol. The molecule has 0 aliphatic carbocycles. The highest BCUT2D eigenvalue weighted by molar-refractivity contribution is 6.08. The van der Waals surface area contributed by atoms with Crippen molar-refractivity contribution in [2.75, 3.05) is 6.54 Å². The Kier molecular flexibility index (Phi) is 2.80. The highest BCUT2D eigenvalue weighted by Gasteiger charge is 2.43. The van der Waals surface area contributed by atoms with Gasteiger partial charge in [-0.15, -0.1) is 0 Å². The van der Waals surface area contributed by atoms with Crippen LogP contribution in [0.3, 0.4) is 0 Å². The van der Waals surface area contributed by atoms with Crippen LogP contribution in [0.25, 0.3) is 0 Å². The average Bonchev–Trinajstić information content (AvgIpc) is 2.12. The molecule has 0 saturated carbocycles. The van der Waals surface area contributed by atoms with Crippen LogP contribution >= 0.6 is 0 Å². The predicted octanol–water partition coefficient (Wildman–Crippen LogP) is -0.727. The summed E-state index contributed by atoms with van der Waals surface area (Å²) in [6.45, 7) is 4.54. The van der Waals surface area contributed by atoms with Crippen LogP contribution in [0, 0.1) is 11.8 Å². The van der Waals surface area contributed by atoms with E-state index in [1.54, 1.807) is 13.8 Å². The molecule has 1 aliphatic heterocycles. The minimum Gasteiger partial charge on any atom is -0.308 e. The molecule has 1 rings (SSSR count). The Labute approximate surface area is 87.8 Å². The van der Waals surface area contributed by atoms with Crippen molar-refractivity contribution in [1.82, 2.24) is 10.2 Å². The topological polar surface area (TPSA) is 66.5 Å². The molecule has 0 atom stereocenters. The summed E-state index contributed by atoms with van der Waals surface area (Å²) < 4.78 is 0. The molecule has 15 heavy (non-hydrogen) atoms. The van der Waals surface area contributed by atoms with Crippen molar-refractivity contribution in [3.8, 4) is 11.8 Å². The third-order valence-corrected chi connectivity index (χ3v) is 2.26. The number of hydrogen-bond donors (Lipinski definition) is 1. The lowest BCUT2D eigenvalue weighted by Crippen LogP contribution is -2.65. The summed E-state index contributed by atoms with van der Waals surface area (Å²) >= 11 is 0. The van der Waals surface area contributed by atoms with Gasteiger partial charge in [0.15, 0.2) is 0 Å². The molecule has 0 spiro atoms. The summed E-state index contributed by atoms with van der Waals surface area (Å²) in [4.78, 5) is 35.3. The van der Waals surface area contributed by atoms with Crippen LogP contribution in [0.15, 0.2) is 0 Å². The monoisotopic (exact) mass is 208 g/mol. The maximum absolute atomic E-state index is 11.5. The van der Waals surface area contributed by atoms with Gasteiger partial charge in [-0.25, -0.2) is 0 Å². The van der Waals surface area contributed by atoms with E-state index in [4.69, 9.17) is 0 Å². The normalized spacial score (nSPS) is 19.0. The van der Waals surface area contributed by atoms with E-state index in [2.05, 4.69) is 17.2 Å². The van der Waals surface area contributed by atoms with Crippen LogP contribution in [-0.2, 0) is 14.4 Å². The van der Waals surface area contributed by atoms with Crippen molar-refractivity contribution in [2.24, 2.45) is 0 Å². The van der Waals surface area contributed by atoms with Crippen LogP contribution in [-0.4, -0.2) is 34.7 Å². The maximum atomic E-state index is 11.5. The third-order valence-electron chi connectivity index (χ3n) is 2.26. The fourth-order valence-electron chi connectivity index (χ4n) is 1.28. The van der Waals surface area contributed by atoms with Gasteiger partial charge in [0.1, 0.15) is 12.1 Å². The highest BCUT2D eigenvalue weighted by atomic mass is 16.2. The minimum atomic E-state index is -1.03. The summed E-state index contributed by atoms with van der Waals surface area (Å²) in [5, 5.41) is 2.18. The van der Waals surface area contributed by atoms with Crippen LogP contribution < -0.4 is 5.32 Å². The van der Waals surface area contributed by atoms with Gasteiger partial charge >= 0.3 is 0 Å². The van der Waals surface area contributed by atoms with Crippen LogP contribution in [0.2, 0.25) is 0 Å². The Morgan fingerprint density at radius 2 is 2.07 bits per heavy atom. The van der Waals surface area contributed by atoms with E-state index >= 15 is 0 Å². The number of rotatable bonds is 0. The molecule has 3 amide bonds. The SMILES string of the molecule is CC#CC(=O)N1CC(=O)NC(=O)C1(C)C. The first-order chi connectivity index (χ1) is 6.89. The number of amides is 3. The number of piperazine rings is 1. The molecule has 5 nitrogen and oxygen atoms in total. The number of carbonyl (C=O) groups excluding carboxylic acids is 3. The molecule has 1 heterocycles.